The van der Waals surface area contributed by atoms with E-state index in [0.717, 1.165) is 12.0 Å². The van der Waals surface area contributed by atoms with Crippen LogP contribution in [-0.4, -0.2) is 15.0 Å². The fourth-order valence-electron chi connectivity index (χ4n) is 3.28. The predicted octanol–water partition coefficient (Wildman–Crippen LogP) is 4.68. The zero-order valence-corrected chi connectivity index (χ0v) is 15.7. The van der Waals surface area contributed by atoms with Gasteiger partial charge in [0.1, 0.15) is 0 Å². The van der Waals surface area contributed by atoms with E-state index in [0.29, 0.717) is 23.3 Å². The molecule has 1 heterocycles. The fourth-order valence-corrected chi connectivity index (χ4v) is 5.60. The lowest BCUT2D eigenvalue weighted by molar-refractivity contribution is 0.574. The summed E-state index contributed by atoms with van der Waals surface area (Å²) < 4.78 is 28.7. The van der Waals surface area contributed by atoms with Gasteiger partial charge in [-0.3, -0.25) is 0 Å². The Kier molecular flexibility index (Phi) is 4.40. The minimum atomic E-state index is -3.39. The van der Waals surface area contributed by atoms with Crippen LogP contribution in [0.15, 0.2) is 59.5 Å². The van der Waals surface area contributed by atoms with Crippen LogP contribution in [0.25, 0.3) is 10.1 Å². The first-order valence-corrected chi connectivity index (χ1v) is 10.9. The van der Waals surface area contributed by atoms with Crippen molar-refractivity contribution in [2.75, 3.05) is 6.54 Å². The van der Waals surface area contributed by atoms with E-state index < -0.39 is 10.0 Å². The summed E-state index contributed by atoms with van der Waals surface area (Å²) >= 11 is 1.87. The Morgan fingerprint density at radius 2 is 1.88 bits per heavy atom. The molecule has 4 rings (SSSR count). The zero-order chi connectivity index (χ0) is 17.4. The SMILES string of the molecule is Cc1ccc(S(=O)(=O)NCC[C@@H]2C[C@H]2c2cc3ccccc3s2)cc1. The minimum absolute atomic E-state index is 0.343. The van der Waals surface area contributed by atoms with Gasteiger partial charge in [-0.15, -0.1) is 11.3 Å². The van der Waals surface area contributed by atoms with Gasteiger partial charge in [0.2, 0.25) is 10.0 Å². The summed E-state index contributed by atoms with van der Waals surface area (Å²) in [5, 5.41) is 1.31. The van der Waals surface area contributed by atoms with Crippen LogP contribution in [0.3, 0.4) is 0 Å². The van der Waals surface area contributed by atoms with Crippen molar-refractivity contribution in [2.24, 2.45) is 5.92 Å². The molecule has 0 radical (unpaired) electrons. The predicted molar refractivity (Wildman–Crippen MR) is 104 cm³/mol. The van der Waals surface area contributed by atoms with Crippen molar-refractivity contribution in [1.29, 1.82) is 0 Å². The highest BCUT2D eigenvalue weighted by atomic mass is 32.2. The zero-order valence-electron chi connectivity index (χ0n) is 14.1. The molecular weight excluding hydrogens is 350 g/mol. The maximum Gasteiger partial charge on any atom is 0.240 e. The monoisotopic (exact) mass is 371 g/mol. The number of fused-ring (bicyclic) bond motifs is 1. The molecule has 1 aliphatic carbocycles. The first-order chi connectivity index (χ1) is 12.0. The summed E-state index contributed by atoms with van der Waals surface area (Å²) in [6.07, 6.45) is 2.06. The van der Waals surface area contributed by atoms with E-state index in [2.05, 4.69) is 35.1 Å². The van der Waals surface area contributed by atoms with E-state index in [9.17, 15) is 8.42 Å². The minimum Gasteiger partial charge on any atom is -0.211 e. The highest BCUT2D eigenvalue weighted by Crippen LogP contribution is 2.52. The molecule has 0 saturated heterocycles. The van der Waals surface area contributed by atoms with Crippen molar-refractivity contribution >= 4 is 31.4 Å². The highest BCUT2D eigenvalue weighted by Gasteiger charge is 2.38. The second-order valence-electron chi connectivity index (χ2n) is 6.79. The molecule has 5 heteroatoms. The molecule has 0 amide bonds. The second kappa shape index (κ2) is 6.56. The van der Waals surface area contributed by atoms with E-state index in [1.54, 1.807) is 12.1 Å². The molecule has 1 aliphatic rings. The van der Waals surface area contributed by atoms with Crippen molar-refractivity contribution in [1.82, 2.24) is 4.72 Å². The Morgan fingerprint density at radius 3 is 2.64 bits per heavy atom. The van der Waals surface area contributed by atoms with Crippen LogP contribution in [-0.2, 0) is 10.0 Å². The molecule has 3 aromatic rings. The molecule has 1 N–H and O–H groups in total. The number of thiophene rings is 1. The lowest BCUT2D eigenvalue weighted by Gasteiger charge is -2.06. The maximum atomic E-state index is 12.3. The lowest BCUT2D eigenvalue weighted by atomic mass is 10.2. The van der Waals surface area contributed by atoms with Gasteiger partial charge in [-0.1, -0.05) is 35.9 Å². The number of sulfonamides is 1. The molecule has 1 aromatic heterocycles. The lowest BCUT2D eigenvalue weighted by Crippen LogP contribution is -2.25. The number of rotatable bonds is 6. The van der Waals surface area contributed by atoms with Crippen molar-refractivity contribution in [3.05, 3.63) is 65.0 Å². The van der Waals surface area contributed by atoms with Crippen LogP contribution in [0.2, 0.25) is 0 Å². The first-order valence-electron chi connectivity index (χ1n) is 8.58. The summed E-state index contributed by atoms with van der Waals surface area (Å²) in [6.45, 7) is 2.45. The van der Waals surface area contributed by atoms with Crippen molar-refractivity contribution in [2.45, 2.75) is 30.6 Å². The third-order valence-corrected chi connectivity index (χ3v) is 7.60. The van der Waals surface area contributed by atoms with Gasteiger partial charge >= 0.3 is 0 Å². The Hall–Kier alpha value is -1.69. The number of hydrogen-bond donors (Lipinski definition) is 1. The smallest absolute Gasteiger partial charge is 0.211 e. The molecule has 2 atom stereocenters. The van der Waals surface area contributed by atoms with Gasteiger partial charge in [0.25, 0.3) is 0 Å². The Labute approximate surface area is 152 Å². The summed E-state index contributed by atoms with van der Waals surface area (Å²) in [4.78, 5) is 1.78. The Balaban J connectivity index is 1.33. The third kappa shape index (κ3) is 3.64. The molecule has 2 aromatic carbocycles. The van der Waals surface area contributed by atoms with E-state index in [4.69, 9.17) is 0 Å². The average molecular weight is 372 g/mol. The molecule has 0 aliphatic heterocycles. The molecule has 25 heavy (non-hydrogen) atoms. The average Bonchev–Trinajstić information content (AvgIpc) is 3.23. The summed E-state index contributed by atoms with van der Waals surface area (Å²) in [5.74, 6) is 1.19. The Bertz CT molecular complexity index is 957. The normalized spacial score (nSPS) is 20.0. The van der Waals surface area contributed by atoms with E-state index in [-0.39, 0.29) is 0 Å². The molecule has 1 fully saturated rings. The van der Waals surface area contributed by atoms with Crippen LogP contribution < -0.4 is 4.72 Å². The van der Waals surface area contributed by atoms with Crippen LogP contribution in [0.4, 0.5) is 0 Å². The summed E-state index contributed by atoms with van der Waals surface area (Å²) in [7, 11) is -3.39. The van der Waals surface area contributed by atoms with Crippen LogP contribution in [0.5, 0.6) is 0 Å². The second-order valence-corrected chi connectivity index (χ2v) is 9.67. The first kappa shape index (κ1) is 16.8. The van der Waals surface area contributed by atoms with Crippen molar-refractivity contribution in [3.63, 3.8) is 0 Å². The van der Waals surface area contributed by atoms with Crippen LogP contribution in [0.1, 0.15) is 29.2 Å². The van der Waals surface area contributed by atoms with Crippen LogP contribution >= 0.6 is 11.3 Å². The molecular formula is C20H21NO2S2. The molecule has 0 unspecified atom stereocenters. The van der Waals surface area contributed by atoms with E-state index >= 15 is 0 Å². The van der Waals surface area contributed by atoms with E-state index in [1.165, 1.54) is 21.4 Å². The highest BCUT2D eigenvalue weighted by molar-refractivity contribution is 7.89. The molecule has 1 saturated carbocycles. The van der Waals surface area contributed by atoms with E-state index in [1.807, 2.05) is 30.4 Å². The van der Waals surface area contributed by atoms with Crippen molar-refractivity contribution in [3.8, 4) is 0 Å². The quantitative estimate of drug-likeness (QED) is 0.684. The van der Waals surface area contributed by atoms with Gasteiger partial charge in [-0.2, -0.15) is 0 Å². The number of hydrogen-bond acceptors (Lipinski definition) is 3. The van der Waals surface area contributed by atoms with Crippen LogP contribution in [0, 0.1) is 12.8 Å². The molecule has 0 spiro atoms. The largest absolute Gasteiger partial charge is 0.240 e. The number of benzene rings is 2. The van der Waals surface area contributed by atoms with Gasteiger partial charge in [-0.05, 0) is 61.3 Å². The van der Waals surface area contributed by atoms with Gasteiger partial charge in [0.15, 0.2) is 0 Å². The van der Waals surface area contributed by atoms with Gasteiger partial charge in [-0.25, -0.2) is 13.1 Å². The fraction of sp³-hybridized carbons (Fsp3) is 0.300. The summed E-state index contributed by atoms with van der Waals surface area (Å²) in [6, 6.07) is 17.7. The molecule has 3 nitrogen and oxygen atoms in total. The van der Waals surface area contributed by atoms with Crippen molar-refractivity contribution < 1.29 is 8.42 Å². The maximum absolute atomic E-state index is 12.3. The Morgan fingerprint density at radius 1 is 1.12 bits per heavy atom. The summed E-state index contributed by atoms with van der Waals surface area (Å²) in [5.41, 5.74) is 1.06. The number of aryl methyl sites for hydroxylation is 1. The van der Waals surface area contributed by atoms with Gasteiger partial charge in [0, 0.05) is 16.1 Å². The van der Waals surface area contributed by atoms with Gasteiger partial charge in [0.05, 0.1) is 4.90 Å². The topological polar surface area (TPSA) is 46.2 Å². The third-order valence-electron chi connectivity index (χ3n) is 4.87. The standard InChI is InChI=1S/C20H21NO2S2/c1-14-6-8-17(9-7-14)25(22,23)21-11-10-15-12-18(15)20-13-16-4-2-3-5-19(16)24-20/h2-9,13,15,18,21H,10-12H2,1H3/t15-,18-/m1/s1. The molecule has 0 bridgehead atoms. The molecule has 130 valence electrons. The van der Waals surface area contributed by atoms with Gasteiger partial charge < -0.3 is 0 Å². The number of nitrogens with one attached hydrogen (secondary N) is 1.